The van der Waals surface area contributed by atoms with Gasteiger partial charge in [-0.15, -0.1) is 11.8 Å². The van der Waals surface area contributed by atoms with Gasteiger partial charge >= 0.3 is 0 Å². The van der Waals surface area contributed by atoms with Gasteiger partial charge in [-0.05, 0) is 31.0 Å². The van der Waals surface area contributed by atoms with Crippen molar-refractivity contribution in [1.29, 1.82) is 0 Å². The number of nitrogens with one attached hydrogen (secondary N) is 1. The lowest BCUT2D eigenvalue weighted by atomic mass is 10.1. The van der Waals surface area contributed by atoms with Gasteiger partial charge in [0.15, 0.2) is 0 Å². The lowest BCUT2D eigenvalue weighted by molar-refractivity contribution is -0.131. The summed E-state index contributed by atoms with van der Waals surface area (Å²) < 4.78 is 0. The third-order valence-electron chi connectivity index (χ3n) is 4.46. The highest BCUT2D eigenvalue weighted by atomic mass is 32.2. The summed E-state index contributed by atoms with van der Waals surface area (Å²) in [7, 11) is 0. The zero-order valence-corrected chi connectivity index (χ0v) is 15.2. The standard InChI is InChI=1S/C18H23N3O3S/c1-2-4-17(23)20-7-3-8-21(10-9-20)18(24)13-5-6-15-14(11-13)19-16(22)12-25-15/h5-6,11H,2-4,7-10,12H2,1H3,(H,19,22). The molecule has 1 aromatic rings. The Morgan fingerprint density at radius 3 is 2.72 bits per heavy atom. The molecule has 3 rings (SSSR count). The van der Waals surface area contributed by atoms with Gasteiger partial charge in [0.2, 0.25) is 11.8 Å². The number of nitrogens with zero attached hydrogens (tertiary/aromatic N) is 2. The van der Waals surface area contributed by atoms with E-state index in [0.29, 0.717) is 49.6 Å². The molecule has 25 heavy (non-hydrogen) atoms. The molecule has 1 N–H and O–H groups in total. The number of carbonyl (C=O) groups excluding carboxylic acids is 3. The molecule has 134 valence electrons. The number of thioether (sulfide) groups is 1. The number of anilines is 1. The summed E-state index contributed by atoms with van der Waals surface area (Å²) in [4.78, 5) is 41.1. The maximum absolute atomic E-state index is 12.8. The van der Waals surface area contributed by atoms with Crippen molar-refractivity contribution in [1.82, 2.24) is 9.80 Å². The van der Waals surface area contributed by atoms with Crippen LogP contribution in [0.1, 0.15) is 36.5 Å². The lowest BCUT2D eigenvalue weighted by Gasteiger charge is -2.23. The Morgan fingerprint density at radius 1 is 1.16 bits per heavy atom. The van der Waals surface area contributed by atoms with Gasteiger partial charge in [0.05, 0.1) is 11.4 Å². The van der Waals surface area contributed by atoms with Crippen LogP contribution in [-0.4, -0.2) is 59.5 Å². The second-order valence-corrected chi connectivity index (χ2v) is 7.34. The largest absolute Gasteiger partial charge is 0.341 e. The molecule has 6 nitrogen and oxygen atoms in total. The van der Waals surface area contributed by atoms with Gasteiger partial charge in [0, 0.05) is 43.1 Å². The van der Waals surface area contributed by atoms with Gasteiger partial charge < -0.3 is 15.1 Å². The first kappa shape index (κ1) is 17.8. The monoisotopic (exact) mass is 361 g/mol. The Morgan fingerprint density at radius 2 is 1.92 bits per heavy atom. The molecule has 0 saturated carbocycles. The minimum atomic E-state index is -0.0441. The summed E-state index contributed by atoms with van der Waals surface area (Å²) in [5.74, 6) is 0.498. The van der Waals surface area contributed by atoms with Crippen LogP contribution in [-0.2, 0) is 9.59 Å². The van der Waals surface area contributed by atoms with Gasteiger partial charge in [-0.25, -0.2) is 0 Å². The molecular weight excluding hydrogens is 338 g/mol. The average molecular weight is 361 g/mol. The van der Waals surface area contributed by atoms with Gasteiger partial charge in [0.1, 0.15) is 0 Å². The van der Waals surface area contributed by atoms with Crippen molar-refractivity contribution in [2.24, 2.45) is 0 Å². The Bertz CT molecular complexity index is 692. The van der Waals surface area contributed by atoms with E-state index in [0.717, 1.165) is 17.7 Å². The van der Waals surface area contributed by atoms with Crippen LogP contribution in [0.4, 0.5) is 5.69 Å². The lowest BCUT2D eigenvalue weighted by Crippen LogP contribution is -2.37. The fraction of sp³-hybridized carbons (Fsp3) is 0.500. The maximum Gasteiger partial charge on any atom is 0.253 e. The number of benzene rings is 1. The number of hydrogen-bond acceptors (Lipinski definition) is 4. The van der Waals surface area contributed by atoms with E-state index in [4.69, 9.17) is 0 Å². The summed E-state index contributed by atoms with van der Waals surface area (Å²) in [6.07, 6.45) is 2.20. The van der Waals surface area contributed by atoms with Crippen LogP contribution >= 0.6 is 11.8 Å². The third-order valence-corrected chi connectivity index (χ3v) is 5.53. The van der Waals surface area contributed by atoms with E-state index in [1.54, 1.807) is 11.0 Å². The number of amides is 3. The molecule has 0 aromatic heterocycles. The SMILES string of the molecule is CCCC(=O)N1CCCN(C(=O)c2ccc3c(c2)NC(=O)CS3)CC1. The highest BCUT2D eigenvalue weighted by Gasteiger charge is 2.24. The topological polar surface area (TPSA) is 69.7 Å². The minimum absolute atomic E-state index is 0.0399. The number of rotatable bonds is 3. The minimum Gasteiger partial charge on any atom is -0.341 e. The van der Waals surface area contributed by atoms with E-state index >= 15 is 0 Å². The molecule has 0 spiro atoms. The van der Waals surface area contributed by atoms with Crippen molar-refractivity contribution in [2.45, 2.75) is 31.1 Å². The van der Waals surface area contributed by atoms with Crippen LogP contribution in [0.3, 0.4) is 0 Å². The Kier molecular flexibility index (Phi) is 5.63. The van der Waals surface area contributed by atoms with Crippen molar-refractivity contribution in [3.05, 3.63) is 23.8 Å². The number of carbonyl (C=O) groups is 3. The Balaban J connectivity index is 1.68. The predicted octanol–water partition coefficient (Wildman–Crippen LogP) is 2.21. The molecule has 0 atom stereocenters. The van der Waals surface area contributed by atoms with E-state index in [1.807, 2.05) is 24.0 Å². The zero-order valence-electron chi connectivity index (χ0n) is 14.4. The van der Waals surface area contributed by atoms with Crippen LogP contribution < -0.4 is 5.32 Å². The van der Waals surface area contributed by atoms with Crippen LogP contribution in [0, 0.1) is 0 Å². The molecule has 0 aliphatic carbocycles. The van der Waals surface area contributed by atoms with E-state index in [2.05, 4.69) is 5.32 Å². The highest BCUT2D eigenvalue weighted by molar-refractivity contribution is 8.00. The molecule has 1 saturated heterocycles. The van der Waals surface area contributed by atoms with E-state index in [1.165, 1.54) is 11.8 Å². The first-order chi connectivity index (χ1) is 12.1. The van der Waals surface area contributed by atoms with Gasteiger partial charge in [0.25, 0.3) is 5.91 Å². The molecule has 3 amide bonds. The molecular formula is C18H23N3O3S. The third kappa shape index (κ3) is 4.15. The molecule has 2 aliphatic rings. The number of hydrogen-bond donors (Lipinski definition) is 1. The second-order valence-electron chi connectivity index (χ2n) is 6.32. The van der Waals surface area contributed by atoms with Gasteiger partial charge in [-0.2, -0.15) is 0 Å². The molecule has 2 heterocycles. The van der Waals surface area contributed by atoms with Crippen molar-refractivity contribution in [3.8, 4) is 0 Å². The van der Waals surface area contributed by atoms with E-state index < -0.39 is 0 Å². The Labute approximate surface area is 151 Å². The second kappa shape index (κ2) is 7.91. The van der Waals surface area contributed by atoms with Crippen molar-refractivity contribution < 1.29 is 14.4 Å². The van der Waals surface area contributed by atoms with Crippen molar-refractivity contribution in [3.63, 3.8) is 0 Å². The van der Waals surface area contributed by atoms with Crippen LogP contribution in [0.15, 0.2) is 23.1 Å². The van der Waals surface area contributed by atoms with E-state index in [-0.39, 0.29) is 17.7 Å². The normalized spacial score (nSPS) is 17.6. The molecule has 0 bridgehead atoms. The average Bonchev–Trinajstić information content (AvgIpc) is 2.87. The van der Waals surface area contributed by atoms with Crippen molar-refractivity contribution >= 4 is 35.2 Å². The summed E-state index contributed by atoms with van der Waals surface area (Å²) in [6.45, 7) is 4.49. The molecule has 2 aliphatic heterocycles. The maximum atomic E-state index is 12.8. The molecule has 1 fully saturated rings. The first-order valence-electron chi connectivity index (χ1n) is 8.72. The van der Waals surface area contributed by atoms with Crippen LogP contribution in [0.2, 0.25) is 0 Å². The summed E-state index contributed by atoms with van der Waals surface area (Å²) >= 11 is 1.48. The van der Waals surface area contributed by atoms with E-state index in [9.17, 15) is 14.4 Å². The predicted molar refractivity (Wildman–Crippen MR) is 97.8 cm³/mol. The molecule has 0 radical (unpaired) electrons. The van der Waals surface area contributed by atoms with Crippen LogP contribution in [0.5, 0.6) is 0 Å². The van der Waals surface area contributed by atoms with Crippen molar-refractivity contribution in [2.75, 3.05) is 37.2 Å². The van der Waals surface area contributed by atoms with Gasteiger partial charge in [-0.1, -0.05) is 6.92 Å². The molecule has 0 unspecified atom stereocenters. The zero-order chi connectivity index (χ0) is 17.8. The Hall–Kier alpha value is -2.02. The summed E-state index contributed by atoms with van der Waals surface area (Å²) in [5.41, 5.74) is 1.29. The van der Waals surface area contributed by atoms with Gasteiger partial charge in [-0.3, -0.25) is 14.4 Å². The highest BCUT2D eigenvalue weighted by Crippen LogP contribution is 2.32. The molecule has 7 heteroatoms. The smallest absolute Gasteiger partial charge is 0.253 e. The molecule has 1 aromatic carbocycles. The fourth-order valence-corrected chi connectivity index (χ4v) is 3.93. The first-order valence-corrected chi connectivity index (χ1v) is 9.71. The summed E-state index contributed by atoms with van der Waals surface area (Å²) in [6, 6.07) is 5.46. The number of fused-ring (bicyclic) bond motifs is 1. The quantitative estimate of drug-likeness (QED) is 0.896. The summed E-state index contributed by atoms with van der Waals surface area (Å²) in [5, 5.41) is 2.82. The fourth-order valence-electron chi connectivity index (χ4n) is 3.14. The van der Waals surface area contributed by atoms with Crippen LogP contribution in [0.25, 0.3) is 0 Å².